The lowest BCUT2D eigenvalue weighted by Gasteiger charge is -2.23. The highest BCUT2D eigenvalue weighted by atomic mass is 32.1. The molecular formula is C20H26N2OS. The van der Waals surface area contributed by atoms with Crippen molar-refractivity contribution < 1.29 is 4.79 Å². The van der Waals surface area contributed by atoms with Crippen molar-refractivity contribution in [1.29, 1.82) is 0 Å². The molecule has 3 nitrogen and oxygen atoms in total. The predicted molar refractivity (Wildman–Crippen MR) is 102 cm³/mol. The number of carbonyl (C=O) groups excluding carboxylic acids is 1. The van der Waals surface area contributed by atoms with Gasteiger partial charge in [-0.3, -0.25) is 9.69 Å². The number of aryl methyl sites for hydroxylation is 2. The van der Waals surface area contributed by atoms with Crippen LogP contribution >= 0.6 is 11.3 Å². The molecular weight excluding hydrogens is 316 g/mol. The Morgan fingerprint density at radius 3 is 2.58 bits per heavy atom. The van der Waals surface area contributed by atoms with Crippen molar-refractivity contribution in [2.24, 2.45) is 0 Å². The van der Waals surface area contributed by atoms with E-state index in [1.54, 1.807) is 11.3 Å². The number of likely N-dealkylation sites (tertiary alicyclic amines) is 1. The number of anilines is 1. The number of benzene rings is 1. The van der Waals surface area contributed by atoms with Crippen molar-refractivity contribution >= 4 is 22.9 Å². The third-order valence-corrected chi connectivity index (χ3v) is 5.82. The topological polar surface area (TPSA) is 32.3 Å². The Balaban J connectivity index is 1.70. The van der Waals surface area contributed by atoms with Crippen LogP contribution in [0.5, 0.6) is 0 Å². The zero-order chi connectivity index (χ0) is 16.9. The minimum Gasteiger partial charge on any atom is -0.324 e. The van der Waals surface area contributed by atoms with Crippen LogP contribution in [0.15, 0.2) is 35.7 Å². The quantitative estimate of drug-likeness (QED) is 0.829. The van der Waals surface area contributed by atoms with Crippen molar-refractivity contribution in [2.75, 3.05) is 18.4 Å². The van der Waals surface area contributed by atoms with Crippen LogP contribution in [0.2, 0.25) is 0 Å². The molecule has 1 amide bonds. The molecule has 0 bridgehead atoms. The summed E-state index contributed by atoms with van der Waals surface area (Å²) < 4.78 is 0. The van der Waals surface area contributed by atoms with Crippen LogP contribution in [0.4, 0.5) is 5.69 Å². The first-order chi connectivity index (χ1) is 11.7. The molecule has 1 aliphatic rings. The maximum Gasteiger partial charge on any atom is 0.238 e. The largest absolute Gasteiger partial charge is 0.324 e. The van der Waals surface area contributed by atoms with E-state index in [0.29, 0.717) is 12.6 Å². The van der Waals surface area contributed by atoms with Crippen LogP contribution in [-0.2, 0) is 17.6 Å². The molecule has 0 radical (unpaired) electrons. The molecule has 1 saturated heterocycles. The summed E-state index contributed by atoms with van der Waals surface area (Å²) in [4.78, 5) is 16.4. The molecule has 24 heavy (non-hydrogen) atoms. The fourth-order valence-corrected chi connectivity index (χ4v) is 4.48. The first-order valence-corrected chi connectivity index (χ1v) is 9.79. The Labute approximate surface area is 148 Å². The van der Waals surface area contributed by atoms with Gasteiger partial charge in [0.25, 0.3) is 0 Å². The Bertz CT molecular complexity index is 659. The van der Waals surface area contributed by atoms with Crippen molar-refractivity contribution in [3.63, 3.8) is 0 Å². The fraction of sp³-hybridized carbons (Fsp3) is 0.450. The second-order valence-corrected chi connectivity index (χ2v) is 7.33. The summed E-state index contributed by atoms with van der Waals surface area (Å²) in [5, 5.41) is 5.32. The molecule has 0 saturated carbocycles. The van der Waals surface area contributed by atoms with Crippen molar-refractivity contribution in [3.8, 4) is 0 Å². The fourth-order valence-electron chi connectivity index (χ4n) is 3.58. The minimum absolute atomic E-state index is 0.106. The van der Waals surface area contributed by atoms with Gasteiger partial charge in [-0.15, -0.1) is 11.3 Å². The molecule has 1 unspecified atom stereocenters. The van der Waals surface area contributed by atoms with Crippen molar-refractivity contribution in [2.45, 2.75) is 45.6 Å². The second kappa shape index (κ2) is 7.95. The SMILES string of the molecule is CCc1cccc(CC)c1NC(=O)CN1CCCC1c1cccs1. The molecule has 3 rings (SSSR count). The molecule has 4 heteroatoms. The molecule has 0 spiro atoms. The molecule has 1 aliphatic heterocycles. The molecule has 1 aromatic heterocycles. The highest BCUT2D eigenvalue weighted by molar-refractivity contribution is 7.10. The number of para-hydroxylation sites is 1. The van der Waals surface area contributed by atoms with Gasteiger partial charge >= 0.3 is 0 Å². The van der Waals surface area contributed by atoms with E-state index in [2.05, 4.69) is 59.8 Å². The van der Waals surface area contributed by atoms with Crippen LogP contribution in [0.3, 0.4) is 0 Å². The van der Waals surface area contributed by atoms with Crippen LogP contribution < -0.4 is 5.32 Å². The summed E-state index contributed by atoms with van der Waals surface area (Å²) in [7, 11) is 0. The number of hydrogen-bond donors (Lipinski definition) is 1. The smallest absolute Gasteiger partial charge is 0.238 e. The Hall–Kier alpha value is -1.65. The van der Waals surface area contributed by atoms with Gasteiger partial charge in [0.2, 0.25) is 5.91 Å². The van der Waals surface area contributed by atoms with Crippen LogP contribution in [0, 0.1) is 0 Å². The number of carbonyl (C=O) groups is 1. The van der Waals surface area contributed by atoms with Gasteiger partial charge in [0.1, 0.15) is 0 Å². The summed E-state index contributed by atoms with van der Waals surface area (Å²) in [5.74, 6) is 0.106. The second-order valence-electron chi connectivity index (χ2n) is 6.35. The van der Waals surface area contributed by atoms with Crippen molar-refractivity contribution in [1.82, 2.24) is 4.90 Å². The normalized spacial score (nSPS) is 18.0. The van der Waals surface area contributed by atoms with E-state index in [0.717, 1.165) is 31.5 Å². The van der Waals surface area contributed by atoms with Gasteiger partial charge < -0.3 is 5.32 Å². The Morgan fingerprint density at radius 1 is 1.21 bits per heavy atom. The van der Waals surface area contributed by atoms with Gasteiger partial charge in [-0.05, 0) is 54.8 Å². The average Bonchev–Trinajstić information content (AvgIpc) is 3.26. The highest BCUT2D eigenvalue weighted by Crippen LogP contribution is 2.34. The molecule has 1 aromatic carbocycles. The monoisotopic (exact) mass is 342 g/mol. The minimum atomic E-state index is 0.106. The molecule has 128 valence electrons. The van der Waals surface area contributed by atoms with Crippen LogP contribution in [0.25, 0.3) is 0 Å². The van der Waals surface area contributed by atoms with Gasteiger partial charge in [0.15, 0.2) is 0 Å². The Morgan fingerprint density at radius 2 is 1.96 bits per heavy atom. The molecule has 2 aromatic rings. The predicted octanol–water partition coefficient (Wildman–Crippen LogP) is 4.65. The third kappa shape index (κ3) is 3.70. The van der Waals surface area contributed by atoms with Gasteiger partial charge in [0.05, 0.1) is 6.54 Å². The van der Waals surface area contributed by atoms with Gasteiger partial charge in [-0.25, -0.2) is 0 Å². The summed E-state index contributed by atoms with van der Waals surface area (Å²) >= 11 is 1.79. The summed E-state index contributed by atoms with van der Waals surface area (Å²) in [6, 6.07) is 11.0. The number of nitrogens with one attached hydrogen (secondary N) is 1. The number of amides is 1. The molecule has 0 aliphatic carbocycles. The lowest BCUT2D eigenvalue weighted by Crippen LogP contribution is -2.33. The Kier molecular flexibility index (Phi) is 5.69. The zero-order valence-electron chi connectivity index (χ0n) is 14.5. The van der Waals surface area contributed by atoms with E-state index in [9.17, 15) is 4.79 Å². The number of nitrogens with zero attached hydrogens (tertiary/aromatic N) is 1. The third-order valence-electron chi connectivity index (χ3n) is 4.85. The standard InChI is InChI=1S/C20H26N2OS/c1-3-15-8-5-9-16(4-2)20(15)21-19(23)14-22-12-6-10-17(22)18-11-7-13-24-18/h5,7-9,11,13,17H,3-4,6,10,12,14H2,1-2H3,(H,21,23). The number of thiophene rings is 1. The molecule has 1 N–H and O–H groups in total. The van der Waals surface area contributed by atoms with Crippen LogP contribution in [-0.4, -0.2) is 23.9 Å². The number of rotatable bonds is 6. The van der Waals surface area contributed by atoms with Gasteiger partial charge in [-0.1, -0.05) is 38.1 Å². The van der Waals surface area contributed by atoms with Gasteiger partial charge in [-0.2, -0.15) is 0 Å². The summed E-state index contributed by atoms with van der Waals surface area (Å²) in [6.45, 7) is 5.76. The maximum absolute atomic E-state index is 12.7. The van der Waals surface area contributed by atoms with E-state index >= 15 is 0 Å². The first kappa shape index (κ1) is 17.2. The van der Waals surface area contributed by atoms with Crippen molar-refractivity contribution in [3.05, 3.63) is 51.7 Å². The summed E-state index contributed by atoms with van der Waals surface area (Å²) in [5.41, 5.74) is 3.47. The van der Waals surface area contributed by atoms with Gasteiger partial charge in [0, 0.05) is 16.6 Å². The van der Waals surface area contributed by atoms with Crippen LogP contribution in [0.1, 0.15) is 48.7 Å². The lowest BCUT2D eigenvalue weighted by atomic mass is 10.0. The summed E-state index contributed by atoms with van der Waals surface area (Å²) in [6.07, 6.45) is 4.19. The molecule has 2 heterocycles. The van der Waals surface area contributed by atoms with E-state index < -0.39 is 0 Å². The van der Waals surface area contributed by atoms with E-state index in [1.165, 1.54) is 22.4 Å². The first-order valence-electron chi connectivity index (χ1n) is 8.91. The lowest BCUT2D eigenvalue weighted by molar-refractivity contribution is -0.117. The van der Waals surface area contributed by atoms with E-state index in [1.807, 2.05) is 0 Å². The van der Waals surface area contributed by atoms with E-state index in [4.69, 9.17) is 0 Å². The average molecular weight is 343 g/mol. The number of hydrogen-bond acceptors (Lipinski definition) is 3. The molecule has 1 fully saturated rings. The zero-order valence-corrected chi connectivity index (χ0v) is 15.4. The highest BCUT2D eigenvalue weighted by Gasteiger charge is 2.28. The molecule has 1 atom stereocenters. The maximum atomic E-state index is 12.7. The van der Waals surface area contributed by atoms with E-state index in [-0.39, 0.29) is 5.91 Å².